The highest BCUT2D eigenvalue weighted by molar-refractivity contribution is 5.91. The lowest BCUT2D eigenvalue weighted by Crippen LogP contribution is -2.46. The minimum absolute atomic E-state index is 0.0168. The quantitative estimate of drug-likeness (QED) is 0.0999. The molecule has 216 valence electrons. The van der Waals surface area contributed by atoms with E-state index >= 15 is 0 Å². The van der Waals surface area contributed by atoms with Crippen LogP contribution < -0.4 is 0 Å². The number of aromatic nitrogens is 4. The number of esters is 1. The second kappa shape index (κ2) is 11.7. The zero-order chi connectivity index (χ0) is 30.7. The van der Waals surface area contributed by atoms with Crippen LogP contribution in [0, 0.1) is 21.4 Å². The van der Waals surface area contributed by atoms with Crippen LogP contribution >= 0.6 is 0 Å². The molecule has 11 nitrogen and oxygen atoms in total. The van der Waals surface area contributed by atoms with Crippen molar-refractivity contribution < 1.29 is 32.4 Å². The number of benzene rings is 2. The van der Waals surface area contributed by atoms with Crippen molar-refractivity contribution in [3.8, 4) is 6.07 Å². The summed E-state index contributed by atoms with van der Waals surface area (Å²) in [5, 5.41) is 28.5. The SMILES string of the molecule is C=C(OCC)c1cc(C#N)nc2cc(Cn3cc([C@](CC)(OC(=O)c4ccc([N+](=O)[O-])cc4)C(F)(F)F)nn3)ccc12. The van der Waals surface area contributed by atoms with Gasteiger partial charge in [0.25, 0.3) is 11.3 Å². The fraction of sp³-hybridized carbons (Fsp3) is 0.250. The highest BCUT2D eigenvalue weighted by Crippen LogP contribution is 2.44. The number of nitrogens with zero attached hydrogens (tertiary/aromatic N) is 6. The number of ether oxygens (including phenoxy) is 2. The summed E-state index contributed by atoms with van der Waals surface area (Å²) in [5.41, 5.74) is -2.67. The van der Waals surface area contributed by atoms with E-state index in [1.807, 2.05) is 6.07 Å². The number of nitriles is 1. The van der Waals surface area contributed by atoms with Crippen molar-refractivity contribution in [3.05, 3.63) is 99.5 Å². The van der Waals surface area contributed by atoms with E-state index in [1.165, 1.54) is 6.92 Å². The molecule has 0 aliphatic heterocycles. The monoisotopic (exact) mass is 580 g/mol. The average Bonchev–Trinajstić information content (AvgIpc) is 3.43. The van der Waals surface area contributed by atoms with E-state index in [2.05, 4.69) is 21.9 Å². The van der Waals surface area contributed by atoms with Gasteiger partial charge in [-0.05, 0) is 43.2 Å². The molecule has 0 aliphatic rings. The molecule has 0 spiro atoms. The van der Waals surface area contributed by atoms with Crippen LogP contribution in [0.1, 0.15) is 53.1 Å². The van der Waals surface area contributed by atoms with Gasteiger partial charge in [-0.1, -0.05) is 30.8 Å². The number of non-ortho nitro benzene ring substituents is 1. The Balaban J connectivity index is 1.65. The third-order valence-electron chi connectivity index (χ3n) is 6.44. The van der Waals surface area contributed by atoms with Gasteiger partial charge in [0.15, 0.2) is 0 Å². The molecular weight excluding hydrogens is 557 g/mol. The van der Waals surface area contributed by atoms with Crippen molar-refractivity contribution in [2.75, 3.05) is 6.61 Å². The first-order valence-corrected chi connectivity index (χ1v) is 12.5. The van der Waals surface area contributed by atoms with Gasteiger partial charge in [-0.25, -0.2) is 14.5 Å². The van der Waals surface area contributed by atoms with Gasteiger partial charge in [0.2, 0.25) is 0 Å². The van der Waals surface area contributed by atoms with Gasteiger partial charge in [0, 0.05) is 23.1 Å². The average molecular weight is 581 g/mol. The van der Waals surface area contributed by atoms with Crippen LogP contribution in [-0.4, -0.2) is 43.7 Å². The number of alkyl halides is 3. The number of hydrogen-bond acceptors (Lipinski definition) is 9. The zero-order valence-electron chi connectivity index (χ0n) is 22.4. The number of hydrogen-bond donors (Lipinski definition) is 0. The van der Waals surface area contributed by atoms with E-state index in [0.29, 0.717) is 34.4 Å². The summed E-state index contributed by atoms with van der Waals surface area (Å²) in [6.45, 7) is 7.24. The van der Waals surface area contributed by atoms with Crippen molar-refractivity contribution in [3.63, 3.8) is 0 Å². The second-order valence-corrected chi connectivity index (χ2v) is 9.05. The van der Waals surface area contributed by atoms with Gasteiger partial charge in [-0.3, -0.25) is 10.1 Å². The highest BCUT2D eigenvalue weighted by Gasteiger charge is 2.60. The van der Waals surface area contributed by atoms with Crippen LogP contribution in [0.5, 0.6) is 0 Å². The number of fused-ring (bicyclic) bond motifs is 1. The summed E-state index contributed by atoms with van der Waals surface area (Å²) >= 11 is 0. The minimum Gasteiger partial charge on any atom is -0.494 e. The van der Waals surface area contributed by atoms with Crippen LogP contribution in [0.2, 0.25) is 0 Å². The van der Waals surface area contributed by atoms with Crippen molar-refractivity contribution in [2.45, 2.75) is 38.6 Å². The number of carbonyl (C=O) groups is 1. The topological polar surface area (TPSA) is 146 Å². The lowest BCUT2D eigenvalue weighted by molar-refractivity contribution is -0.384. The Morgan fingerprint density at radius 2 is 1.88 bits per heavy atom. The Morgan fingerprint density at radius 3 is 2.48 bits per heavy atom. The maximum atomic E-state index is 14.5. The number of nitro benzene ring substituents is 1. The summed E-state index contributed by atoms with van der Waals surface area (Å²) in [6, 6.07) is 12.6. The Hall–Kier alpha value is -5.32. The van der Waals surface area contributed by atoms with Gasteiger partial charge in [-0.2, -0.15) is 18.4 Å². The molecule has 0 saturated heterocycles. The smallest absolute Gasteiger partial charge is 0.434 e. The summed E-state index contributed by atoms with van der Waals surface area (Å²) in [7, 11) is 0. The van der Waals surface area contributed by atoms with E-state index in [0.717, 1.165) is 35.1 Å². The molecule has 0 saturated carbocycles. The number of halogens is 3. The van der Waals surface area contributed by atoms with Crippen molar-refractivity contribution >= 4 is 28.3 Å². The fourth-order valence-electron chi connectivity index (χ4n) is 4.31. The predicted octanol–water partition coefficient (Wildman–Crippen LogP) is 5.69. The predicted molar refractivity (Wildman–Crippen MR) is 143 cm³/mol. The fourth-order valence-corrected chi connectivity index (χ4v) is 4.31. The summed E-state index contributed by atoms with van der Waals surface area (Å²) in [6.07, 6.45) is -4.75. The lowest BCUT2D eigenvalue weighted by Gasteiger charge is -2.32. The van der Waals surface area contributed by atoms with Gasteiger partial charge >= 0.3 is 12.1 Å². The first-order chi connectivity index (χ1) is 19.9. The van der Waals surface area contributed by atoms with E-state index in [1.54, 1.807) is 31.2 Å². The van der Waals surface area contributed by atoms with E-state index in [4.69, 9.17) is 9.47 Å². The van der Waals surface area contributed by atoms with Gasteiger partial charge in [-0.15, -0.1) is 5.10 Å². The molecule has 0 unspecified atom stereocenters. The molecule has 4 rings (SSSR count). The Kier molecular flexibility index (Phi) is 8.23. The lowest BCUT2D eigenvalue weighted by atomic mass is 9.95. The van der Waals surface area contributed by atoms with Crippen LogP contribution in [0.25, 0.3) is 16.7 Å². The molecular formula is C28H23F3N6O5. The number of pyridine rings is 1. The normalized spacial score (nSPS) is 12.8. The zero-order valence-corrected chi connectivity index (χ0v) is 22.4. The van der Waals surface area contributed by atoms with Gasteiger partial charge in [0.05, 0.1) is 35.4 Å². The van der Waals surface area contributed by atoms with Gasteiger partial charge < -0.3 is 9.47 Å². The summed E-state index contributed by atoms with van der Waals surface area (Å²) < 4.78 is 55.0. The first-order valence-electron chi connectivity index (χ1n) is 12.5. The van der Waals surface area contributed by atoms with Crippen molar-refractivity contribution in [1.29, 1.82) is 5.26 Å². The summed E-state index contributed by atoms with van der Waals surface area (Å²) in [4.78, 5) is 27.2. The van der Waals surface area contributed by atoms with E-state index < -0.39 is 34.8 Å². The Bertz CT molecular complexity index is 1710. The molecule has 0 radical (unpaired) electrons. The third-order valence-corrected chi connectivity index (χ3v) is 6.44. The molecule has 0 aliphatic carbocycles. The molecule has 2 aromatic carbocycles. The van der Waals surface area contributed by atoms with Crippen LogP contribution in [0.4, 0.5) is 18.9 Å². The molecule has 1 atom stereocenters. The minimum atomic E-state index is -5.07. The third kappa shape index (κ3) is 5.75. The molecule has 2 heterocycles. The molecule has 0 amide bonds. The largest absolute Gasteiger partial charge is 0.494 e. The summed E-state index contributed by atoms with van der Waals surface area (Å²) in [5.74, 6) is -0.974. The van der Waals surface area contributed by atoms with Crippen LogP contribution in [0.15, 0.2) is 61.3 Å². The molecule has 42 heavy (non-hydrogen) atoms. The molecule has 0 bridgehead atoms. The maximum Gasteiger partial charge on any atom is 0.434 e. The van der Waals surface area contributed by atoms with Crippen molar-refractivity contribution in [2.24, 2.45) is 0 Å². The Labute approximate surface area is 236 Å². The number of nitro groups is 1. The standard InChI is InChI=1S/C28H23F3N6O5/c1-4-27(28(29,30)31,42-26(38)19-7-9-21(10-8-19)37(39)40)25-16-36(35-34-25)15-18-6-11-22-23(17(3)41-5-2)13-20(14-32)33-24(22)12-18/h6-13,16H,3-5,15H2,1-2H3/t27-/m0/s1. The second-order valence-electron chi connectivity index (χ2n) is 9.05. The first kappa shape index (κ1) is 29.7. The maximum absolute atomic E-state index is 14.5. The van der Waals surface area contributed by atoms with Crippen molar-refractivity contribution in [1.82, 2.24) is 20.0 Å². The number of rotatable bonds is 10. The number of carbonyl (C=O) groups excluding carboxylic acids is 1. The molecule has 0 N–H and O–H groups in total. The van der Waals surface area contributed by atoms with E-state index in [9.17, 15) is 33.3 Å². The van der Waals surface area contributed by atoms with E-state index in [-0.39, 0.29) is 23.5 Å². The molecule has 4 aromatic rings. The molecule has 2 aromatic heterocycles. The van der Waals surface area contributed by atoms with Crippen LogP contribution in [-0.2, 0) is 21.6 Å². The van der Waals surface area contributed by atoms with Crippen LogP contribution in [0.3, 0.4) is 0 Å². The molecule has 0 fully saturated rings. The highest BCUT2D eigenvalue weighted by atomic mass is 19.4. The Morgan fingerprint density at radius 1 is 1.17 bits per heavy atom. The van der Waals surface area contributed by atoms with Gasteiger partial charge in [0.1, 0.15) is 23.2 Å². The molecule has 14 heteroatoms.